The third kappa shape index (κ3) is 5.01. The summed E-state index contributed by atoms with van der Waals surface area (Å²) < 4.78 is 83.2. The molecule has 3 aliphatic rings. The van der Waals surface area contributed by atoms with Crippen molar-refractivity contribution in [3.8, 4) is 0 Å². The molecule has 1 atom stereocenters. The Labute approximate surface area is 207 Å². The van der Waals surface area contributed by atoms with Crippen molar-refractivity contribution < 1.29 is 26.3 Å². The van der Waals surface area contributed by atoms with E-state index in [2.05, 4.69) is 9.24 Å². The molecule has 4 nitrogen and oxygen atoms in total. The molecule has 1 saturated carbocycles. The van der Waals surface area contributed by atoms with Crippen LogP contribution in [0, 0.1) is 0 Å². The van der Waals surface area contributed by atoms with Crippen molar-refractivity contribution in [1.82, 2.24) is 9.80 Å². The van der Waals surface area contributed by atoms with E-state index in [1.165, 1.54) is 4.90 Å². The molecule has 192 valence electrons. The van der Waals surface area contributed by atoms with Crippen molar-refractivity contribution in [2.75, 3.05) is 36.2 Å². The van der Waals surface area contributed by atoms with E-state index >= 15 is 0 Å². The molecule has 0 bridgehead atoms. The van der Waals surface area contributed by atoms with Crippen LogP contribution < -0.4 is 15.1 Å². The predicted octanol–water partition coefficient (Wildman–Crippen LogP) is 5.73. The lowest BCUT2D eigenvalue weighted by molar-refractivity contribution is -0.114. The normalized spacial score (nSPS) is 18.8. The zero-order valence-electron chi connectivity index (χ0n) is 19.2. The SMILES string of the molecule is FC(F)(F)C1=CN(c2ccccc2P)CN1CCN1CN(c2ccccc2C2CC2)C=C1C(F)(F)F. The molecule has 1 aliphatic carbocycles. The molecule has 5 rings (SSSR count). The first-order chi connectivity index (χ1) is 17.0. The molecule has 0 radical (unpaired) electrons. The number of hydrogen-bond donors (Lipinski definition) is 0. The van der Waals surface area contributed by atoms with Gasteiger partial charge in [-0.25, -0.2) is 0 Å². The minimum absolute atomic E-state index is 0.0738. The highest BCUT2D eigenvalue weighted by molar-refractivity contribution is 7.28. The summed E-state index contributed by atoms with van der Waals surface area (Å²) in [5, 5.41) is 0.726. The number of hydrogen-bond acceptors (Lipinski definition) is 4. The molecule has 0 amide bonds. The van der Waals surface area contributed by atoms with Crippen LogP contribution in [0.5, 0.6) is 0 Å². The first kappa shape index (κ1) is 24.8. The lowest BCUT2D eigenvalue weighted by Gasteiger charge is -2.30. The topological polar surface area (TPSA) is 13.0 Å². The minimum atomic E-state index is -4.63. The second kappa shape index (κ2) is 9.21. The number of para-hydroxylation sites is 2. The number of halogens is 6. The van der Waals surface area contributed by atoms with Crippen LogP contribution in [-0.2, 0) is 0 Å². The molecule has 0 saturated heterocycles. The van der Waals surface area contributed by atoms with Crippen molar-refractivity contribution in [2.24, 2.45) is 0 Å². The number of alkyl halides is 6. The van der Waals surface area contributed by atoms with Crippen LogP contribution in [0.25, 0.3) is 0 Å². The van der Waals surface area contributed by atoms with Gasteiger partial charge in [0.25, 0.3) is 0 Å². The Balaban J connectivity index is 1.35. The Morgan fingerprint density at radius 1 is 0.694 bits per heavy atom. The Bertz CT molecular complexity index is 1190. The lowest BCUT2D eigenvalue weighted by atomic mass is 10.1. The summed E-state index contributed by atoms with van der Waals surface area (Å²) in [4.78, 5) is 5.22. The Kier molecular flexibility index (Phi) is 6.35. The van der Waals surface area contributed by atoms with E-state index in [1.54, 1.807) is 41.3 Å². The van der Waals surface area contributed by atoms with Crippen molar-refractivity contribution in [3.63, 3.8) is 0 Å². The van der Waals surface area contributed by atoms with Crippen LogP contribution in [0.15, 0.2) is 72.3 Å². The van der Waals surface area contributed by atoms with E-state index in [-0.39, 0.29) is 26.4 Å². The molecule has 0 aromatic heterocycles. The van der Waals surface area contributed by atoms with Gasteiger partial charge in [0.05, 0.1) is 13.3 Å². The van der Waals surface area contributed by atoms with E-state index in [0.29, 0.717) is 17.3 Å². The molecule has 2 aromatic carbocycles. The third-order valence-corrected chi connectivity index (χ3v) is 7.10. The predicted molar refractivity (Wildman–Crippen MR) is 131 cm³/mol. The summed E-state index contributed by atoms with van der Waals surface area (Å²) >= 11 is 0. The van der Waals surface area contributed by atoms with Gasteiger partial charge in [0, 0.05) is 36.9 Å². The minimum Gasteiger partial charge on any atom is -0.347 e. The quantitative estimate of drug-likeness (QED) is 0.352. The van der Waals surface area contributed by atoms with Gasteiger partial charge < -0.3 is 19.6 Å². The molecule has 1 unspecified atom stereocenters. The first-order valence-electron chi connectivity index (χ1n) is 11.6. The van der Waals surface area contributed by atoms with Gasteiger partial charge in [0.2, 0.25) is 0 Å². The lowest BCUT2D eigenvalue weighted by Crippen LogP contribution is -2.40. The summed E-state index contributed by atoms with van der Waals surface area (Å²) in [6, 6.07) is 14.4. The fraction of sp³-hybridized carbons (Fsp3) is 0.360. The molecule has 1 fully saturated rings. The largest absolute Gasteiger partial charge is 0.432 e. The zero-order chi connectivity index (χ0) is 25.7. The number of anilines is 2. The van der Waals surface area contributed by atoms with Crippen molar-refractivity contribution >= 4 is 25.9 Å². The summed E-state index contributed by atoms with van der Waals surface area (Å²) in [6.07, 6.45) is -5.16. The van der Waals surface area contributed by atoms with Gasteiger partial charge in [0.1, 0.15) is 11.4 Å². The summed E-state index contributed by atoms with van der Waals surface area (Å²) in [7, 11) is 2.49. The first-order valence-corrected chi connectivity index (χ1v) is 12.1. The molecule has 36 heavy (non-hydrogen) atoms. The molecule has 2 aliphatic heterocycles. The van der Waals surface area contributed by atoms with Gasteiger partial charge in [-0.15, -0.1) is 9.24 Å². The van der Waals surface area contributed by atoms with E-state index in [0.717, 1.165) is 45.9 Å². The van der Waals surface area contributed by atoms with Crippen LogP contribution in [-0.4, -0.2) is 48.6 Å². The average molecular weight is 526 g/mol. The average Bonchev–Trinajstić information content (AvgIpc) is 3.41. The molecule has 2 heterocycles. The van der Waals surface area contributed by atoms with Crippen LogP contribution in [0.4, 0.5) is 37.7 Å². The Morgan fingerprint density at radius 3 is 1.67 bits per heavy atom. The highest BCUT2D eigenvalue weighted by Gasteiger charge is 2.45. The smallest absolute Gasteiger partial charge is 0.347 e. The molecule has 11 heteroatoms. The maximum Gasteiger partial charge on any atom is 0.432 e. The van der Waals surface area contributed by atoms with Crippen molar-refractivity contribution in [1.29, 1.82) is 0 Å². The van der Waals surface area contributed by atoms with Gasteiger partial charge in [-0.1, -0.05) is 36.4 Å². The molecule has 2 aromatic rings. The Hall–Kier alpha value is -2.87. The van der Waals surface area contributed by atoms with Crippen LogP contribution in [0.1, 0.15) is 24.3 Å². The molecular formula is C25H25F6N4P. The highest BCUT2D eigenvalue weighted by atomic mass is 31.0. The standard InChI is InChI=1S/C25H25F6N4P/c26-24(27,28)22-13-34(19-6-2-1-5-18(19)17-9-10-17)15-32(22)11-12-33-16-35(14-23(33)25(29,30)31)20-7-3-4-8-21(20)36/h1-8,13-14,17H,9-12,15-16,36H2. The summed E-state index contributed by atoms with van der Waals surface area (Å²) in [5.41, 5.74) is 0.585. The Morgan fingerprint density at radius 2 is 1.17 bits per heavy atom. The van der Waals surface area contributed by atoms with Crippen LogP contribution >= 0.6 is 9.24 Å². The maximum atomic E-state index is 13.9. The second-order valence-electron chi connectivity index (χ2n) is 9.17. The van der Waals surface area contributed by atoms with Gasteiger partial charge in [-0.3, -0.25) is 0 Å². The van der Waals surface area contributed by atoms with E-state index in [4.69, 9.17) is 0 Å². The number of nitrogens with zero attached hydrogens (tertiary/aromatic N) is 4. The second-order valence-corrected chi connectivity index (χ2v) is 9.79. The zero-order valence-corrected chi connectivity index (χ0v) is 20.4. The number of benzene rings is 2. The number of rotatable bonds is 6. The third-order valence-electron chi connectivity index (χ3n) is 6.61. The van der Waals surface area contributed by atoms with Crippen molar-refractivity contribution in [3.05, 3.63) is 77.9 Å². The van der Waals surface area contributed by atoms with E-state index in [9.17, 15) is 26.3 Å². The van der Waals surface area contributed by atoms with Crippen LogP contribution in [0.3, 0.4) is 0 Å². The van der Waals surface area contributed by atoms with Gasteiger partial charge in [-0.05, 0) is 41.8 Å². The highest BCUT2D eigenvalue weighted by Crippen LogP contribution is 2.46. The fourth-order valence-corrected chi connectivity index (χ4v) is 5.09. The molecule has 0 spiro atoms. The van der Waals surface area contributed by atoms with E-state index in [1.807, 2.05) is 12.1 Å². The van der Waals surface area contributed by atoms with Gasteiger partial charge in [-0.2, -0.15) is 26.3 Å². The number of allylic oxidation sites excluding steroid dienone is 2. The summed E-state index contributed by atoms with van der Waals surface area (Å²) in [5.74, 6) is 0.340. The summed E-state index contributed by atoms with van der Waals surface area (Å²) in [6.45, 7) is -0.605. The van der Waals surface area contributed by atoms with Crippen LogP contribution in [0.2, 0.25) is 0 Å². The maximum absolute atomic E-state index is 13.9. The van der Waals surface area contributed by atoms with E-state index < -0.39 is 23.7 Å². The monoisotopic (exact) mass is 526 g/mol. The van der Waals surface area contributed by atoms with Gasteiger partial charge >= 0.3 is 12.4 Å². The molecular weight excluding hydrogens is 501 g/mol. The fourth-order valence-electron chi connectivity index (χ4n) is 4.72. The van der Waals surface area contributed by atoms with Gasteiger partial charge in [0.15, 0.2) is 0 Å². The molecule has 0 N–H and O–H groups in total. The van der Waals surface area contributed by atoms with Crippen molar-refractivity contribution in [2.45, 2.75) is 31.1 Å².